The lowest BCUT2D eigenvalue weighted by Crippen LogP contribution is -2.27. The maximum Gasteiger partial charge on any atom is 0.158 e. The first-order chi connectivity index (χ1) is 10.7. The van der Waals surface area contributed by atoms with E-state index in [-0.39, 0.29) is 5.92 Å². The molecule has 4 nitrogen and oxygen atoms in total. The van der Waals surface area contributed by atoms with Gasteiger partial charge < -0.3 is 4.90 Å². The first-order valence-electron chi connectivity index (χ1n) is 7.34. The first-order valence-corrected chi connectivity index (χ1v) is 7.71. The maximum absolute atomic E-state index is 9.78. The van der Waals surface area contributed by atoms with Gasteiger partial charge in [-0.15, -0.1) is 0 Å². The lowest BCUT2D eigenvalue weighted by atomic mass is 9.82. The topological polar surface area (TPSA) is 55.7 Å². The fourth-order valence-corrected chi connectivity index (χ4v) is 3.35. The van der Waals surface area contributed by atoms with Crippen LogP contribution >= 0.6 is 11.6 Å². The zero-order valence-corrected chi connectivity index (χ0v) is 13.4. The third-order valence-electron chi connectivity index (χ3n) is 4.11. The number of aromatic nitrogens is 2. The number of aromatic amines is 1. The lowest BCUT2D eigenvalue weighted by molar-refractivity contribution is 0.791. The average molecular weight is 313 g/mol. The highest BCUT2D eigenvalue weighted by atomic mass is 35.5. The molecule has 0 bridgehead atoms. The Bertz CT molecular complexity index is 769. The predicted octanol–water partition coefficient (Wildman–Crippen LogP) is 4.22. The number of anilines is 1. The molecule has 1 N–H and O–H groups in total. The number of rotatable bonds is 3. The van der Waals surface area contributed by atoms with Gasteiger partial charge in [0.05, 0.1) is 17.6 Å². The Morgan fingerprint density at radius 2 is 2.14 bits per heavy atom. The smallest absolute Gasteiger partial charge is 0.158 e. The van der Waals surface area contributed by atoms with E-state index in [0.29, 0.717) is 5.02 Å². The van der Waals surface area contributed by atoms with Crippen molar-refractivity contribution in [3.8, 4) is 6.07 Å². The van der Waals surface area contributed by atoms with Crippen LogP contribution in [0.5, 0.6) is 0 Å². The third kappa shape index (κ3) is 2.18. The molecule has 2 heterocycles. The van der Waals surface area contributed by atoms with Crippen LogP contribution < -0.4 is 4.90 Å². The van der Waals surface area contributed by atoms with Crippen molar-refractivity contribution in [1.29, 1.82) is 5.26 Å². The fraction of sp³-hybridized carbons (Fsp3) is 0.294. The second-order valence-corrected chi connectivity index (χ2v) is 5.81. The van der Waals surface area contributed by atoms with Crippen LogP contribution in [0.15, 0.2) is 41.7 Å². The number of nitriles is 1. The number of H-pyrrole nitrogens is 1. The van der Waals surface area contributed by atoms with Gasteiger partial charge in [-0.25, -0.2) is 0 Å². The van der Waals surface area contributed by atoms with Crippen LogP contribution in [-0.4, -0.2) is 17.2 Å². The van der Waals surface area contributed by atoms with E-state index in [9.17, 15) is 5.26 Å². The minimum absolute atomic E-state index is 0.162. The molecule has 0 spiro atoms. The quantitative estimate of drug-likeness (QED) is 0.923. The zero-order valence-electron chi connectivity index (χ0n) is 12.6. The zero-order chi connectivity index (χ0) is 15.7. The second-order valence-electron chi connectivity index (χ2n) is 5.40. The second kappa shape index (κ2) is 5.86. The summed E-state index contributed by atoms with van der Waals surface area (Å²) in [6, 6.07) is 10.1. The monoisotopic (exact) mass is 312 g/mol. The number of nitrogens with one attached hydrogen (secondary N) is 1. The van der Waals surface area contributed by atoms with Crippen LogP contribution in [0.3, 0.4) is 0 Å². The number of nitrogens with zero attached hydrogens (tertiary/aromatic N) is 3. The van der Waals surface area contributed by atoms with Crippen LogP contribution in [-0.2, 0) is 0 Å². The Kier molecular flexibility index (Phi) is 3.91. The van der Waals surface area contributed by atoms with Crippen molar-refractivity contribution in [3.63, 3.8) is 0 Å². The highest BCUT2D eigenvalue weighted by molar-refractivity contribution is 6.31. The molecule has 1 unspecified atom stereocenters. The number of hydrogen-bond acceptors (Lipinski definition) is 3. The first kappa shape index (κ1) is 14.7. The van der Waals surface area contributed by atoms with Gasteiger partial charge in [0.2, 0.25) is 0 Å². The van der Waals surface area contributed by atoms with Gasteiger partial charge in [-0.3, -0.25) is 5.10 Å². The molecule has 0 radical (unpaired) electrons. The van der Waals surface area contributed by atoms with Crippen molar-refractivity contribution in [1.82, 2.24) is 10.2 Å². The van der Waals surface area contributed by atoms with Crippen molar-refractivity contribution in [2.75, 3.05) is 11.9 Å². The minimum atomic E-state index is -0.162. The van der Waals surface area contributed by atoms with Gasteiger partial charge in [-0.05, 0) is 18.1 Å². The molecule has 1 aliphatic heterocycles. The Hall–Kier alpha value is -2.25. The van der Waals surface area contributed by atoms with Crippen LogP contribution in [0.2, 0.25) is 5.02 Å². The summed E-state index contributed by atoms with van der Waals surface area (Å²) in [5.41, 5.74) is 3.72. The van der Waals surface area contributed by atoms with Gasteiger partial charge in [-0.1, -0.05) is 43.1 Å². The summed E-state index contributed by atoms with van der Waals surface area (Å²) in [4.78, 5) is 2.02. The molecule has 0 saturated carbocycles. The van der Waals surface area contributed by atoms with Gasteiger partial charge in [0.1, 0.15) is 0 Å². The molecular formula is C17H17ClN4. The highest BCUT2D eigenvalue weighted by Gasteiger charge is 2.34. The predicted molar refractivity (Wildman–Crippen MR) is 87.8 cm³/mol. The number of halogens is 1. The van der Waals surface area contributed by atoms with Gasteiger partial charge in [-0.2, -0.15) is 10.4 Å². The molecule has 1 aliphatic rings. The van der Waals surface area contributed by atoms with E-state index >= 15 is 0 Å². The SMILES string of the molecule is CCCC1=C(C#N)C(c2ccccc2Cl)c2c[nH]nc2N1C. The molecule has 0 aliphatic carbocycles. The van der Waals surface area contributed by atoms with Crippen molar-refractivity contribution in [2.24, 2.45) is 0 Å². The Morgan fingerprint density at radius 3 is 2.82 bits per heavy atom. The average Bonchev–Trinajstić information content (AvgIpc) is 3.00. The van der Waals surface area contributed by atoms with Crippen molar-refractivity contribution < 1.29 is 0 Å². The van der Waals surface area contributed by atoms with E-state index in [1.54, 1.807) is 0 Å². The molecule has 2 aromatic rings. The van der Waals surface area contributed by atoms with Gasteiger partial charge in [0.15, 0.2) is 5.82 Å². The Labute approximate surface area is 135 Å². The molecule has 1 aromatic carbocycles. The standard InChI is InChI=1S/C17H17ClN4/c1-3-6-15-12(9-19)16(11-7-4-5-8-14(11)18)13-10-20-21-17(13)22(15)2/h4-5,7-8,10,16H,3,6H2,1-2H3,(H,20,21). The van der Waals surface area contributed by atoms with Crippen molar-refractivity contribution in [3.05, 3.63) is 57.9 Å². The maximum atomic E-state index is 9.78. The summed E-state index contributed by atoms with van der Waals surface area (Å²) in [5.74, 6) is 0.706. The normalized spacial score (nSPS) is 17.4. The Balaban J connectivity index is 2.25. The summed E-state index contributed by atoms with van der Waals surface area (Å²) in [6.45, 7) is 2.11. The Morgan fingerprint density at radius 1 is 1.36 bits per heavy atom. The molecule has 1 atom stereocenters. The molecule has 1 aromatic heterocycles. The van der Waals surface area contributed by atoms with E-state index in [0.717, 1.165) is 41.1 Å². The molecule has 0 saturated heterocycles. The van der Waals surface area contributed by atoms with Crippen LogP contribution in [0.4, 0.5) is 5.82 Å². The van der Waals surface area contributed by atoms with Gasteiger partial charge >= 0.3 is 0 Å². The number of allylic oxidation sites excluding steroid dienone is 2. The summed E-state index contributed by atoms with van der Waals surface area (Å²) < 4.78 is 0. The highest BCUT2D eigenvalue weighted by Crippen LogP contribution is 2.45. The van der Waals surface area contributed by atoms with Crippen LogP contribution in [0.1, 0.15) is 36.8 Å². The van der Waals surface area contributed by atoms with Crippen LogP contribution in [0, 0.1) is 11.3 Å². The van der Waals surface area contributed by atoms with Gasteiger partial charge in [0, 0.05) is 29.5 Å². The lowest BCUT2D eigenvalue weighted by Gasteiger charge is -2.32. The largest absolute Gasteiger partial charge is 0.330 e. The number of hydrogen-bond donors (Lipinski definition) is 1. The third-order valence-corrected chi connectivity index (χ3v) is 4.45. The fourth-order valence-electron chi connectivity index (χ4n) is 3.10. The van der Waals surface area contributed by atoms with Crippen molar-refractivity contribution >= 4 is 17.4 Å². The molecule has 0 fully saturated rings. The van der Waals surface area contributed by atoms with E-state index in [4.69, 9.17) is 11.6 Å². The minimum Gasteiger partial charge on any atom is -0.330 e. The molecule has 22 heavy (non-hydrogen) atoms. The van der Waals surface area contributed by atoms with E-state index in [2.05, 4.69) is 23.2 Å². The number of benzene rings is 1. The molecule has 0 amide bonds. The van der Waals surface area contributed by atoms with Crippen LogP contribution in [0.25, 0.3) is 0 Å². The van der Waals surface area contributed by atoms with E-state index in [1.807, 2.05) is 42.4 Å². The van der Waals surface area contributed by atoms with Gasteiger partial charge in [0.25, 0.3) is 0 Å². The summed E-state index contributed by atoms with van der Waals surface area (Å²) >= 11 is 6.40. The number of fused-ring (bicyclic) bond motifs is 1. The summed E-state index contributed by atoms with van der Waals surface area (Å²) in [7, 11) is 1.96. The summed E-state index contributed by atoms with van der Waals surface area (Å²) in [5, 5.41) is 17.7. The summed E-state index contributed by atoms with van der Waals surface area (Å²) in [6.07, 6.45) is 3.67. The molecule has 3 rings (SSSR count). The molecule has 112 valence electrons. The molecule has 5 heteroatoms. The van der Waals surface area contributed by atoms with Crippen molar-refractivity contribution in [2.45, 2.75) is 25.7 Å². The van der Waals surface area contributed by atoms with E-state index in [1.165, 1.54) is 0 Å². The molecular weight excluding hydrogens is 296 g/mol. The van der Waals surface area contributed by atoms with E-state index < -0.39 is 0 Å².